The first-order valence-corrected chi connectivity index (χ1v) is 7.78. The normalized spacial score (nSPS) is 24.6. The number of fused-ring (bicyclic) bond motifs is 1. The van der Waals surface area contributed by atoms with Crippen LogP contribution in [0.1, 0.15) is 62.6 Å². The van der Waals surface area contributed by atoms with E-state index in [4.69, 9.17) is 0 Å². The Bertz CT molecular complexity index is 445. The summed E-state index contributed by atoms with van der Waals surface area (Å²) in [4.78, 5) is 0. The Morgan fingerprint density at radius 2 is 2.16 bits per heavy atom. The molecule has 0 radical (unpaired) electrons. The molecule has 2 aliphatic carbocycles. The Morgan fingerprint density at radius 1 is 1.32 bits per heavy atom. The lowest BCUT2D eigenvalue weighted by Gasteiger charge is -2.43. The lowest BCUT2D eigenvalue weighted by atomic mass is 9.67. The molecule has 1 aromatic carbocycles. The fourth-order valence-corrected chi connectivity index (χ4v) is 3.67. The van der Waals surface area contributed by atoms with E-state index in [1.807, 2.05) is 12.1 Å². The Balaban J connectivity index is 1.71. The van der Waals surface area contributed by atoms with Crippen molar-refractivity contribution in [1.29, 1.82) is 0 Å². The molecule has 19 heavy (non-hydrogen) atoms. The second kappa shape index (κ2) is 5.16. The van der Waals surface area contributed by atoms with Gasteiger partial charge < -0.3 is 10.4 Å². The second-order valence-corrected chi connectivity index (χ2v) is 6.42. The van der Waals surface area contributed by atoms with Crippen LogP contribution in [0.4, 0.5) is 0 Å². The highest BCUT2D eigenvalue weighted by atomic mass is 16.3. The van der Waals surface area contributed by atoms with E-state index in [0.717, 1.165) is 13.0 Å². The van der Waals surface area contributed by atoms with Crippen LogP contribution in [0.15, 0.2) is 18.2 Å². The van der Waals surface area contributed by atoms with Crippen LogP contribution in [-0.2, 0) is 6.42 Å². The van der Waals surface area contributed by atoms with Gasteiger partial charge in [0.1, 0.15) is 5.75 Å². The molecule has 0 aliphatic heterocycles. The van der Waals surface area contributed by atoms with Crippen molar-refractivity contribution < 1.29 is 5.11 Å². The summed E-state index contributed by atoms with van der Waals surface area (Å²) < 4.78 is 0. The highest BCUT2D eigenvalue weighted by Gasteiger charge is 2.35. The first-order chi connectivity index (χ1) is 9.22. The summed E-state index contributed by atoms with van der Waals surface area (Å²) in [6.07, 6.45) is 9.08. The lowest BCUT2D eigenvalue weighted by Crippen LogP contribution is -2.41. The first-order valence-electron chi connectivity index (χ1n) is 7.78. The van der Waals surface area contributed by atoms with Gasteiger partial charge in [0, 0.05) is 12.6 Å². The van der Waals surface area contributed by atoms with E-state index in [-0.39, 0.29) is 0 Å². The highest BCUT2D eigenvalue weighted by molar-refractivity contribution is 5.38. The van der Waals surface area contributed by atoms with Gasteiger partial charge in [-0.1, -0.05) is 19.4 Å². The van der Waals surface area contributed by atoms with E-state index in [0.29, 0.717) is 17.2 Å². The number of phenolic OH excluding ortho intramolecular Hbond substituents is 1. The molecule has 1 aromatic rings. The molecule has 104 valence electrons. The minimum absolute atomic E-state index is 0.404. The van der Waals surface area contributed by atoms with Gasteiger partial charge >= 0.3 is 0 Å². The van der Waals surface area contributed by atoms with Gasteiger partial charge in [0.15, 0.2) is 0 Å². The Labute approximate surface area is 116 Å². The van der Waals surface area contributed by atoms with E-state index < -0.39 is 0 Å². The maximum atomic E-state index is 9.71. The first kappa shape index (κ1) is 13.0. The zero-order valence-electron chi connectivity index (χ0n) is 11.9. The molecule has 0 amide bonds. The summed E-state index contributed by atoms with van der Waals surface area (Å²) in [6.45, 7) is 3.46. The molecule has 1 unspecified atom stereocenters. The summed E-state index contributed by atoms with van der Waals surface area (Å²) in [5, 5.41) is 13.5. The maximum Gasteiger partial charge on any atom is 0.115 e. The standard InChI is InChI=1S/C17H25NO/c1-2-17(9-4-10-17)12-18-16-6-3-5-13-7-8-14(19)11-15(13)16/h7-8,11,16,18-19H,2-6,9-10,12H2,1H3. The predicted octanol–water partition coefficient (Wildman–Crippen LogP) is 3.94. The number of hydrogen-bond donors (Lipinski definition) is 2. The van der Waals surface area contributed by atoms with Crippen LogP contribution in [0.5, 0.6) is 5.75 Å². The van der Waals surface area contributed by atoms with E-state index >= 15 is 0 Å². The molecule has 3 rings (SSSR count). The molecule has 0 saturated heterocycles. The summed E-state index contributed by atoms with van der Waals surface area (Å²) in [7, 11) is 0. The van der Waals surface area contributed by atoms with Crippen molar-refractivity contribution in [2.45, 2.75) is 57.9 Å². The summed E-state index contributed by atoms with van der Waals surface area (Å²) in [6, 6.07) is 6.32. The van der Waals surface area contributed by atoms with Gasteiger partial charge in [-0.25, -0.2) is 0 Å². The van der Waals surface area contributed by atoms with Crippen LogP contribution in [0.3, 0.4) is 0 Å². The zero-order chi connectivity index (χ0) is 13.3. The van der Waals surface area contributed by atoms with Gasteiger partial charge in [0.05, 0.1) is 0 Å². The smallest absolute Gasteiger partial charge is 0.115 e. The number of phenols is 1. The lowest BCUT2D eigenvalue weighted by molar-refractivity contribution is 0.117. The number of benzene rings is 1. The third-order valence-electron chi connectivity index (χ3n) is 5.33. The van der Waals surface area contributed by atoms with Gasteiger partial charge in [-0.2, -0.15) is 0 Å². The fourth-order valence-electron chi connectivity index (χ4n) is 3.67. The number of nitrogens with one attached hydrogen (secondary N) is 1. The summed E-state index contributed by atoms with van der Waals surface area (Å²) in [5.41, 5.74) is 3.31. The van der Waals surface area contributed by atoms with E-state index in [1.165, 1.54) is 49.7 Å². The summed E-state index contributed by atoms with van der Waals surface area (Å²) in [5.74, 6) is 0.404. The largest absolute Gasteiger partial charge is 0.508 e. The molecule has 1 atom stereocenters. The molecule has 2 heteroatoms. The molecule has 0 aromatic heterocycles. The monoisotopic (exact) mass is 259 g/mol. The van der Waals surface area contributed by atoms with Crippen molar-refractivity contribution in [3.8, 4) is 5.75 Å². The molecule has 0 spiro atoms. The SMILES string of the molecule is CCC1(CNC2CCCc3ccc(O)cc32)CCC1. The third-order valence-corrected chi connectivity index (χ3v) is 5.33. The number of hydrogen-bond acceptors (Lipinski definition) is 2. The van der Waals surface area contributed by atoms with Crippen LogP contribution in [-0.4, -0.2) is 11.7 Å². The van der Waals surface area contributed by atoms with E-state index in [9.17, 15) is 5.11 Å². The van der Waals surface area contributed by atoms with Crippen LogP contribution in [0.2, 0.25) is 0 Å². The molecular formula is C17H25NO. The van der Waals surface area contributed by atoms with Gasteiger partial charge in [-0.05, 0) is 67.2 Å². The zero-order valence-corrected chi connectivity index (χ0v) is 11.9. The van der Waals surface area contributed by atoms with Crippen molar-refractivity contribution in [3.63, 3.8) is 0 Å². The van der Waals surface area contributed by atoms with Gasteiger partial charge in [0.25, 0.3) is 0 Å². The van der Waals surface area contributed by atoms with Gasteiger partial charge in [-0.3, -0.25) is 0 Å². The highest BCUT2D eigenvalue weighted by Crippen LogP contribution is 2.44. The maximum absolute atomic E-state index is 9.71. The molecule has 2 aliphatic rings. The second-order valence-electron chi connectivity index (χ2n) is 6.42. The van der Waals surface area contributed by atoms with Crippen LogP contribution < -0.4 is 5.32 Å². The quantitative estimate of drug-likeness (QED) is 0.858. The van der Waals surface area contributed by atoms with Crippen molar-refractivity contribution in [1.82, 2.24) is 5.32 Å². The van der Waals surface area contributed by atoms with E-state index in [2.05, 4.69) is 18.3 Å². The molecule has 2 N–H and O–H groups in total. The average molecular weight is 259 g/mol. The van der Waals surface area contributed by atoms with Crippen molar-refractivity contribution >= 4 is 0 Å². The minimum Gasteiger partial charge on any atom is -0.508 e. The number of rotatable bonds is 4. The molecule has 2 nitrogen and oxygen atoms in total. The van der Waals surface area contributed by atoms with Crippen molar-refractivity contribution in [3.05, 3.63) is 29.3 Å². The van der Waals surface area contributed by atoms with E-state index in [1.54, 1.807) is 0 Å². The topological polar surface area (TPSA) is 32.3 Å². The molecule has 0 heterocycles. The molecule has 1 saturated carbocycles. The van der Waals surface area contributed by atoms with Crippen LogP contribution in [0.25, 0.3) is 0 Å². The molecule has 0 bridgehead atoms. The minimum atomic E-state index is 0.404. The van der Waals surface area contributed by atoms with Crippen LogP contribution in [0, 0.1) is 5.41 Å². The van der Waals surface area contributed by atoms with Gasteiger partial charge in [-0.15, -0.1) is 0 Å². The Hall–Kier alpha value is -1.02. The Kier molecular flexibility index (Phi) is 3.53. The predicted molar refractivity (Wildman–Crippen MR) is 78.4 cm³/mol. The average Bonchev–Trinajstić information content (AvgIpc) is 2.38. The number of aryl methyl sites for hydroxylation is 1. The van der Waals surface area contributed by atoms with Crippen molar-refractivity contribution in [2.24, 2.45) is 5.41 Å². The fraction of sp³-hybridized carbons (Fsp3) is 0.647. The Morgan fingerprint density at radius 3 is 2.84 bits per heavy atom. The molecular weight excluding hydrogens is 234 g/mol. The van der Waals surface area contributed by atoms with Gasteiger partial charge in [0.2, 0.25) is 0 Å². The van der Waals surface area contributed by atoms with Crippen LogP contribution >= 0.6 is 0 Å². The number of aromatic hydroxyl groups is 1. The van der Waals surface area contributed by atoms with Crippen molar-refractivity contribution in [2.75, 3.05) is 6.54 Å². The summed E-state index contributed by atoms with van der Waals surface area (Å²) >= 11 is 0. The molecule has 1 fully saturated rings. The third kappa shape index (κ3) is 2.51.